The summed E-state index contributed by atoms with van der Waals surface area (Å²) in [5.74, 6) is -0.314. The molecule has 0 aliphatic carbocycles. The molecule has 2 aromatic rings. The van der Waals surface area contributed by atoms with Crippen LogP contribution in [0.3, 0.4) is 0 Å². The molecular formula is C16H15ClN2OS. The van der Waals surface area contributed by atoms with E-state index in [-0.39, 0.29) is 11.0 Å². The first-order valence-corrected chi connectivity index (χ1v) is 7.24. The molecule has 5 heteroatoms. The van der Waals surface area contributed by atoms with Crippen LogP contribution in [-0.2, 0) is 6.54 Å². The van der Waals surface area contributed by atoms with Crippen molar-refractivity contribution in [3.63, 3.8) is 0 Å². The molecule has 0 saturated heterocycles. The highest BCUT2D eigenvalue weighted by Gasteiger charge is 2.11. The molecule has 0 aliphatic heterocycles. The van der Waals surface area contributed by atoms with Gasteiger partial charge in [-0.2, -0.15) is 0 Å². The average molecular weight is 319 g/mol. The number of carbonyl (C=O) groups is 1. The van der Waals surface area contributed by atoms with E-state index in [0.29, 0.717) is 17.1 Å². The summed E-state index contributed by atoms with van der Waals surface area (Å²) in [6.07, 6.45) is 0. The van der Waals surface area contributed by atoms with Gasteiger partial charge in [-0.1, -0.05) is 48.0 Å². The van der Waals surface area contributed by atoms with Crippen LogP contribution in [0.5, 0.6) is 0 Å². The minimum atomic E-state index is -0.314. The van der Waals surface area contributed by atoms with E-state index < -0.39 is 0 Å². The third kappa shape index (κ3) is 4.55. The number of hydrogen-bond donors (Lipinski definition) is 2. The molecule has 3 nitrogen and oxygen atoms in total. The highest BCUT2D eigenvalue weighted by molar-refractivity contribution is 7.80. The molecule has 0 spiro atoms. The van der Waals surface area contributed by atoms with Gasteiger partial charge in [0.05, 0.1) is 10.6 Å². The standard InChI is InChI=1S/C16H15ClN2OS/c1-11-7-8-13(14(17)9-11)15(20)19-16(21)18-10-12-5-3-2-4-6-12/h2-9H,10H2,1H3,(H2,18,19,20,21). The van der Waals surface area contributed by atoms with E-state index in [4.69, 9.17) is 23.8 Å². The highest BCUT2D eigenvalue weighted by atomic mass is 35.5. The number of aryl methyl sites for hydroxylation is 1. The van der Waals surface area contributed by atoms with Gasteiger partial charge in [-0.05, 0) is 42.4 Å². The Kier molecular flexibility index (Phi) is 5.31. The summed E-state index contributed by atoms with van der Waals surface area (Å²) < 4.78 is 0. The summed E-state index contributed by atoms with van der Waals surface area (Å²) in [5, 5.41) is 6.30. The van der Waals surface area contributed by atoms with Gasteiger partial charge >= 0.3 is 0 Å². The van der Waals surface area contributed by atoms with Crippen molar-refractivity contribution in [3.8, 4) is 0 Å². The molecule has 2 rings (SSSR count). The Hall–Kier alpha value is -1.91. The molecule has 2 N–H and O–H groups in total. The summed E-state index contributed by atoms with van der Waals surface area (Å²) in [5.41, 5.74) is 2.50. The third-order valence-electron chi connectivity index (χ3n) is 2.89. The van der Waals surface area contributed by atoms with E-state index in [0.717, 1.165) is 11.1 Å². The van der Waals surface area contributed by atoms with Gasteiger partial charge in [-0.25, -0.2) is 0 Å². The number of benzene rings is 2. The second kappa shape index (κ2) is 7.20. The maximum Gasteiger partial charge on any atom is 0.258 e. The van der Waals surface area contributed by atoms with E-state index in [2.05, 4.69) is 10.6 Å². The second-order valence-electron chi connectivity index (χ2n) is 4.61. The van der Waals surface area contributed by atoms with Crippen LogP contribution in [-0.4, -0.2) is 11.0 Å². The van der Waals surface area contributed by atoms with Gasteiger partial charge in [0.15, 0.2) is 5.11 Å². The fourth-order valence-electron chi connectivity index (χ4n) is 1.80. The van der Waals surface area contributed by atoms with Crippen molar-refractivity contribution in [2.45, 2.75) is 13.5 Å². The van der Waals surface area contributed by atoms with Gasteiger partial charge in [0.2, 0.25) is 0 Å². The van der Waals surface area contributed by atoms with Gasteiger partial charge in [0.25, 0.3) is 5.91 Å². The molecule has 0 aromatic heterocycles. The van der Waals surface area contributed by atoms with E-state index >= 15 is 0 Å². The molecule has 0 saturated carbocycles. The van der Waals surface area contributed by atoms with Gasteiger partial charge in [0.1, 0.15) is 0 Å². The zero-order valence-electron chi connectivity index (χ0n) is 11.5. The quantitative estimate of drug-likeness (QED) is 0.852. The van der Waals surface area contributed by atoms with Crippen LogP contribution in [0.1, 0.15) is 21.5 Å². The number of rotatable bonds is 3. The Bertz CT molecular complexity index is 659. The monoisotopic (exact) mass is 318 g/mol. The maximum atomic E-state index is 12.1. The molecule has 1 amide bonds. The summed E-state index contributed by atoms with van der Waals surface area (Å²) in [6, 6.07) is 15.1. The molecule has 0 fully saturated rings. The molecule has 2 aromatic carbocycles. The summed E-state index contributed by atoms with van der Waals surface area (Å²) in [4.78, 5) is 12.1. The van der Waals surface area contributed by atoms with Crippen molar-refractivity contribution >= 4 is 34.8 Å². The number of amides is 1. The molecule has 0 heterocycles. The first kappa shape index (κ1) is 15.5. The van der Waals surface area contributed by atoms with Crippen LogP contribution in [0.2, 0.25) is 5.02 Å². The molecule has 21 heavy (non-hydrogen) atoms. The summed E-state index contributed by atoms with van der Waals surface area (Å²) in [6.45, 7) is 2.47. The smallest absolute Gasteiger partial charge is 0.258 e. The zero-order valence-corrected chi connectivity index (χ0v) is 13.1. The van der Waals surface area contributed by atoms with Crippen molar-refractivity contribution in [1.29, 1.82) is 0 Å². The van der Waals surface area contributed by atoms with E-state index in [1.807, 2.05) is 43.3 Å². The number of carbonyl (C=O) groups excluding carboxylic acids is 1. The summed E-state index contributed by atoms with van der Waals surface area (Å²) >= 11 is 11.2. The van der Waals surface area contributed by atoms with Crippen LogP contribution in [0, 0.1) is 6.92 Å². The predicted octanol–water partition coefficient (Wildman–Crippen LogP) is 3.45. The molecule has 0 bridgehead atoms. The van der Waals surface area contributed by atoms with Crippen molar-refractivity contribution in [1.82, 2.24) is 10.6 Å². The van der Waals surface area contributed by atoms with Gasteiger partial charge < -0.3 is 5.32 Å². The maximum absolute atomic E-state index is 12.1. The molecule has 108 valence electrons. The Morgan fingerprint density at radius 2 is 1.90 bits per heavy atom. The van der Waals surface area contributed by atoms with Crippen molar-refractivity contribution < 1.29 is 4.79 Å². The van der Waals surface area contributed by atoms with Crippen LogP contribution < -0.4 is 10.6 Å². The number of thiocarbonyl (C=S) groups is 1. The lowest BCUT2D eigenvalue weighted by Crippen LogP contribution is -2.38. The molecule has 0 radical (unpaired) electrons. The average Bonchev–Trinajstić information content (AvgIpc) is 2.46. The normalized spacial score (nSPS) is 10.0. The lowest BCUT2D eigenvalue weighted by molar-refractivity contribution is 0.0977. The van der Waals surface area contributed by atoms with Crippen LogP contribution in [0.15, 0.2) is 48.5 Å². The molecular weight excluding hydrogens is 304 g/mol. The Balaban J connectivity index is 1.91. The molecule has 0 aliphatic rings. The van der Waals surface area contributed by atoms with Gasteiger partial charge in [0, 0.05) is 6.54 Å². The second-order valence-corrected chi connectivity index (χ2v) is 5.42. The van der Waals surface area contributed by atoms with Gasteiger partial charge in [-0.15, -0.1) is 0 Å². The SMILES string of the molecule is Cc1ccc(C(=O)NC(=S)NCc2ccccc2)c(Cl)c1. The first-order valence-electron chi connectivity index (χ1n) is 6.45. The minimum Gasteiger partial charge on any atom is -0.358 e. The highest BCUT2D eigenvalue weighted by Crippen LogP contribution is 2.17. The van der Waals surface area contributed by atoms with Crippen LogP contribution >= 0.6 is 23.8 Å². The fraction of sp³-hybridized carbons (Fsp3) is 0.125. The van der Waals surface area contributed by atoms with Crippen LogP contribution in [0.25, 0.3) is 0 Å². The molecule has 0 unspecified atom stereocenters. The topological polar surface area (TPSA) is 41.1 Å². The zero-order chi connectivity index (χ0) is 15.2. The van der Waals surface area contributed by atoms with Crippen molar-refractivity contribution in [2.75, 3.05) is 0 Å². The number of hydrogen-bond acceptors (Lipinski definition) is 2. The Morgan fingerprint density at radius 1 is 1.19 bits per heavy atom. The van der Waals surface area contributed by atoms with Crippen LogP contribution in [0.4, 0.5) is 0 Å². The predicted molar refractivity (Wildman–Crippen MR) is 89.5 cm³/mol. The van der Waals surface area contributed by atoms with Crippen molar-refractivity contribution in [3.05, 3.63) is 70.2 Å². The Morgan fingerprint density at radius 3 is 2.57 bits per heavy atom. The minimum absolute atomic E-state index is 0.278. The largest absolute Gasteiger partial charge is 0.358 e. The number of nitrogens with one attached hydrogen (secondary N) is 2. The third-order valence-corrected chi connectivity index (χ3v) is 3.45. The van der Waals surface area contributed by atoms with Crippen molar-refractivity contribution in [2.24, 2.45) is 0 Å². The lowest BCUT2D eigenvalue weighted by atomic mass is 10.1. The first-order chi connectivity index (χ1) is 10.1. The molecule has 0 atom stereocenters. The lowest BCUT2D eigenvalue weighted by Gasteiger charge is -2.10. The van der Waals surface area contributed by atoms with Gasteiger partial charge in [-0.3, -0.25) is 10.1 Å². The summed E-state index contributed by atoms with van der Waals surface area (Å²) in [7, 11) is 0. The van der Waals surface area contributed by atoms with E-state index in [9.17, 15) is 4.79 Å². The Labute approximate surface area is 134 Å². The van der Waals surface area contributed by atoms with E-state index in [1.54, 1.807) is 12.1 Å². The fourth-order valence-corrected chi connectivity index (χ4v) is 2.28. The van der Waals surface area contributed by atoms with E-state index in [1.165, 1.54) is 0 Å². The number of halogens is 1.